The topological polar surface area (TPSA) is 80.3 Å². The first-order chi connectivity index (χ1) is 13.0. The van der Waals surface area contributed by atoms with Crippen LogP contribution in [-0.4, -0.2) is 28.9 Å². The summed E-state index contributed by atoms with van der Waals surface area (Å²) >= 11 is 0. The lowest BCUT2D eigenvalue weighted by molar-refractivity contribution is 0.0933. The normalized spacial score (nSPS) is 14.2. The van der Waals surface area contributed by atoms with E-state index in [1.54, 1.807) is 18.2 Å². The Labute approximate surface area is 159 Å². The van der Waals surface area contributed by atoms with E-state index in [-0.39, 0.29) is 29.7 Å². The average Bonchev–Trinajstić information content (AvgIpc) is 3.16. The minimum Gasteiger partial charge on any atom is -0.491 e. The summed E-state index contributed by atoms with van der Waals surface area (Å²) in [6, 6.07) is 10.5. The molecule has 0 bridgehead atoms. The molecule has 6 heteroatoms. The maximum absolute atomic E-state index is 12.5. The van der Waals surface area contributed by atoms with Gasteiger partial charge in [0, 0.05) is 23.5 Å². The third-order valence-corrected chi connectivity index (χ3v) is 4.43. The molecule has 6 nitrogen and oxygen atoms in total. The molecule has 1 heterocycles. The summed E-state index contributed by atoms with van der Waals surface area (Å²) in [5.74, 6) is 0.231. The van der Waals surface area contributed by atoms with Gasteiger partial charge < -0.3 is 15.4 Å². The first kappa shape index (κ1) is 18.9. The van der Waals surface area contributed by atoms with Crippen LogP contribution in [0.5, 0.6) is 5.75 Å². The van der Waals surface area contributed by atoms with Crippen LogP contribution in [0, 0.1) is 0 Å². The van der Waals surface area contributed by atoms with Crippen LogP contribution in [0.1, 0.15) is 60.4 Å². The fraction of sp³-hybridized carbons (Fsp3) is 0.381. The highest BCUT2D eigenvalue weighted by Crippen LogP contribution is 2.19. The molecular weight excluding hydrogens is 342 g/mol. The molecule has 0 unspecified atom stereocenters. The van der Waals surface area contributed by atoms with Crippen LogP contribution in [-0.2, 0) is 0 Å². The number of nitrogens with one attached hydrogen (secondary N) is 2. The predicted octanol–water partition coefficient (Wildman–Crippen LogP) is 3.79. The van der Waals surface area contributed by atoms with Crippen molar-refractivity contribution < 1.29 is 14.3 Å². The number of benzene rings is 1. The number of nitrogens with zero attached hydrogens (tertiary/aromatic N) is 1. The minimum absolute atomic E-state index is 0.0936. The third-order valence-electron chi connectivity index (χ3n) is 4.43. The van der Waals surface area contributed by atoms with Gasteiger partial charge in [-0.2, -0.15) is 0 Å². The molecule has 1 aromatic heterocycles. The van der Waals surface area contributed by atoms with Gasteiger partial charge in [0.2, 0.25) is 0 Å². The first-order valence-corrected chi connectivity index (χ1v) is 9.36. The number of amides is 2. The maximum Gasteiger partial charge on any atom is 0.270 e. The molecule has 1 aliphatic carbocycles. The molecular formula is C21H25N3O3. The van der Waals surface area contributed by atoms with Crippen molar-refractivity contribution in [1.82, 2.24) is 10.3 Å². The van der Waals surface area contributed by atoms with Crippen LogP contribution >= 0.6 is 0 Å². The Morgan fingerprint density at radius 1 is 1.07 bits per heavy atom. The molecule has 1 aromatic carbocycles. The number of anilines is 1. The van der Waals surface area contributed by atoms with Gasteiger partial charge >= 0.3 is 0 Å². The zero-order valence-corrected chi connectivity index (χ0v) is 15.7. The zero-order chi connectivity index (χ0) is 19.2. The van der Waals surface area contributed by atoms with Crippen molar-refractivity contribution in [3.63, 3.8) is 0 Å². The lowest BCUT2D eigenvalue weighted by Crippen LogP contribution is -2.33. The summed E-state index contributed by atoms with van der Waals surface area (Å²) in [6.45, 7) is 3.92. The number of carbonyl (C=O) groups is 2. The van der Waals surface area contributed by atoms with Crippen molar-refractivity contribution in [2.75, 3.05) is 5.32 Å². The predicted molar refractivity (Wildman–Crippen MR) is 104 cm³/mol. The molecule has 2 amide bonds. The van der Waals surface area contributed by atoms with Gasteiger partial charge in [0.25, 0.3) is 11.8 Å². The van der Waals surface area contributed by atoms with Gasteiger partial charge in [-0.05, 0) is 63.1 Å². The number of ether oxygens (including phenoxy) is 1. The minimum atomic E-state index is -0.287. The molecule has 142 valence electrons. The lowest BCUT2D eigenvalue weighted by Gasteiger charge is -2.12. The number of hydrogen-bond donors (Lipinski definition) is 2. The number of carbonyl (C=O) groups excluding carboxylic acids is 2. The largest absolute Gasteiger partial charge is 0.491 e. The van der Waals surface area contributed by atoms with Crippen LogP contribution < -0.4 is 15.4 Å². The van der Waals surface area contributed by atoms with Gasteiger partial charge in [-0.1, -0.05) is 12.8 Å². The quantitative estimate of drug-likeness (QED) is 0.814. The summed E-state index contributed by atoms with van der Waals surface area (Å²) in [5, 5.41) is 5.81. The van der Waals surface area contributed by atoms with Gasteiger partial charge in [-0.25, -0.2) is 0 Å². The zero-order valence-electron chi connectivity index (χ0n) is 15.7. The fourth-order valence-electron chi connectivity index (χ4n) is 3.12. The van der Waals surface area contributed by atoms with Gasteiger partial charge in [0.1, 0.15) is 11.4 Å². The van der Waals surface area contributed by atoms with E-state index in [1.165, 1.54) is 12.3 Å². The van der Waals surface area contributed by atoms with E-state index in [0.717, 1.165) is 31.4 Å². The summed E-state index contributed by atoms with van der Waals surface area (Å²) < 4.78 is 5.59. The van der Waals surface area contributed by atoms with Gasteiger partial charge in [-0.3, -0.25) is 14.6 Å². The smallest absolute Gasteiger partial charge is 0.270 e. The van der Waals surface area contributed by atoms with Crippen LogP contribution in [0.15, 0.2) is 42.6 Å². The van der Waals surface area contributed by atoms with Gasteiger partial charge in [0.15, 0.2) is 0 Å². The van der Waals surface area contributed by atoms with Crippen LogP contribution in [0.3, 0.4) is 0 Å². The molecule has 0 atom stereocenters. The molecule has 0 spiro atoms. The highest BCUT2D eigenvalue weighted by atomic mass is 16.5. The Morgan fingerprint density at radius 3 is 2.44 bits per heavy atom. The second-order valence-corrected chi connectivity index (χ2v) is 7.03. The summed E-state index contributed by atoms with van der Waals surface area (Å²) in [6.07, 6.45) is 5.86. The van der Waals surface area contributed by atoms with Gasteiger partial charge in [0.05, 0.1) is 6.10 Å². The standard InChI is InChI=1S/C21H25N3O3/c1-14(2)27-18-9-7-17(8-10-18)23-20(25)15-11-12-22-19(13-15)21(26)24-16-5-3-4-6-16/h7-14,16H,3-6H2,1-2H3,(H,23,25)(H,24,26). The van der Waals surface area contributed by atoms with Crippen molar-refractivity contribution in [2.24, 2.45) is 0 Å². The Morgan fingerprint density at radius 2 is 1.78 bits per heavy atom. The molecule has 2 N–H and O–H groups in total. The van der Waals surface area contributed by atoms with Crippen molar-refractivity contribution in [2.45, 2.75) is 51.7 Å². The highest BCUT2D eigenvalue weighted by Gasteiger charge is 2.19. The third kappa shape index (κ3) is 5.29. The van der Waals surface area contributed by atoms with E-state index in [0.29, 0.717) is 11.3 Å². The van der Waals surface area contributed by atoms with Crippen molar-refractivity contribution in [1.29, 1.82) is 0 Å². The molecule has 0 radical (unpaired) electrons. The number of pyridine rings is 1. The maximum atomic E-state index is 12.5. The Hall–Kier alpha value is -2.89. The summed E-state index contributed by atoms with van der Waals surface area (Å²) in [4.78, 5) is 28.9. The van der Waals surface area contributed by atoms with E-state index in [4.69, 9.17) is 4.74 Å². The highest BCUT2D eigenvalue weighted by molar-refractivity contribution is 6.05. The fourth-order valence-corrected chi connectivity index (χ4v) is 3.12. The van der Waals surface area contributed by atoms with E-state index in [9.17, 15) is 9.59 Å². The summed E-state index contributed by atoms with van der Waals surface area (Å²) in [7, 11) is 0. The van der Waals surface area contributed by atoms with Crippen molar-refractivity contribution in [3.05, 3.63) is 53.9 Å². The van der Waals surface area contributed by atoms with E-state index < -0.39 is 0 Å². The van der Waals surface area contributed by atoms with Crippen LogP contribution in [0.2, 0.25) is 0 Å². The molecule has 1 aliphatic rings. The molecule has 2 aromatic rings. The molecule has 3 rings (SSSR count). The number of hydrogen-bond acceptors (Lipinski definition) is 4. The van der Waals surface area contributed by atoms with E-state index in [1.807, 2.05) is 26.0 Å². The summed E-state index contributed by atoms with van der Waals surface area (Å²) in [5.41, 5.74) is 1.31. The Balaban J connectivity index is 1.63. The molecule has 1 fully saturated rings. The van der Waals surface area contributed by atoms with Crippen LogP contribution in [0.4, 0.5) is 5.69 Å². The average molecular weight is 367 g/mol. The van der Waals surface area contributed by atoms with E-state index in [2.05, 4.69) is 15.6 Å². The number of rotatable bonds is 6. The molecule has 27 heavy (non-hydrogen) atoms. The monoisotopic (exact) mass is 367 g/mol. The van der Waals surface area contributed by atoms with E-state index >= 15 is 0 Å². The van der Waals surface area contributed by atoms with Crippen molar-refractivity contribution >= 4 is 17.5 Å². The van der Waals surface area contributed by atoms with Gasteiger partial charge in [-0.15, -0.1) is 0 Å². The van der Waals surface area contributed by atoms with Crippen LogP contribution in [0.25, 0.3) is 0 Å². The number of aromatic nitrogens is 1. The second-order valence-electron chi connectivity index (χ2n) is 7.03. The second kappa shape index (κ2) is 8.66. The Bertz CT molecular complexity index is 797. The molecule has 1 saturated carbocycles. The lowest BCUT2D eigenvalue weighted by atomic mass is 10.2. The first-order valence-electron chi connectivity index (χ1n) is 9.36. The SMILES string of the molecule is CC(C)Oc1ccc(NC(=O)c2ccnc(C(=O)NC3CCCC3)c2)cc1. The molecule has 0 aliphatic heterocycles. The molecule has 0 saturated heterocycles. The van der Waals surface area contributed by atoms with Crippen molar-refractivity contribution in [3.8, 4) is 5.75 Å². The Kier molecular flexibility index (Phi) is 6.06.